The Morgan fingerprint density at radius 1 is 0.593 bits per heavy atom. The Kier molecular flexibility index (Phi) is 11.7. The number of amides is 2. The van der Waals surface area contributed by atoms with Crippen LogP contribution in [0.4, 0.5) is 27.5 Å². The molecule has 2 unspecified atom stereocenters. The molecule has 0 aliphatic carbocycles. The van der Waals surface area contributed by atoms with Gasteiger partial charge < -0.3 is 5.11 Å². The van der Waals surface area contributed by atoms with Crippen LogP contribution < -0.4 is 15.5 Å². The second-order valence-electron chi connectivity index (χ2n) is 13.5. The van der Waals surface area contributed by atoms with E-state index in [9.17, 15) is 14.7 Å². The van der Waals surface area contributed by atoms with Crippen LogP contribution in [0.1, 0.15) is 18.2 Å². The number of benzene rings is 6. The first kappa shape index (κ1) is 40.9. The van der Waals surface area contributed by atoms with E-state index in [0.29, 0.717) is 59.8 Å². The number of anilines is 2. The summed E-state index contributed by atoms with van der Waals surface area (Å²) in [6.07, 6.45) is 0. The van der Waals surface area contributed by atoms with E-state index in [1.807, 2.05) is 31.2 Å². The summed E-state index contributed by atoms with van der Waals surface area (Å²) in [5, 5.41) is 14.2. The summed E-state index contributed by atoms with van der Waals surface area (Å²) < 4.78 is 3.29. The first-order valence-corrected chi connectivity index (χ1v) is 19.6. The highest BCUT2D eigenvalue weighted by Gasteiger charge is 2.56. The average molecular weight is 859 g/mol. The lowest BCUT2D eigenvalue weighted by atomic mass is 9.94. The molecular formula is C46H32Cl4N6O3. The van der Waals surface area contributed by atoms with Gasteiger partial charge >= 0.3 is 11.7 Å². The second kappa shape index (κ2) is 16.9. The third-order valence-electron chi connectivity index (χ3n) is 10.0. The quantitative estimate of drug-likeness (QED) is 0.169. The summed E-state index contributed by atoms with van der Waals surface area (Å²) in [5.74, 6) is 0. The molecule has 2 amide bonds. The van der Waals surface area contributed by atoms with Gasteiger partial charge in [0.25, 0.3) is 0 Å². The normalized spacial score (nSPS) is 15.9. The SMILES string of the molecule is [C-]#[N+]c1cccc(-c2c(C)n(-c3ccc(Cl)cc3)c(=O)n2-c2ccc(Cl)cc2)c1.[C-]#[N+]c1cccc(C2(O)C(C)N(c3ccc(Cl)cc3)C(=O)N2c2ccc(Cl)cc2)c1. The van der Waals surface area contributed by atoms with Gasteiger partial charge in [0.1, 0.15) is 0 Å². The maximum atomic E-state index is 13.6. The van der Waals surface area contributed by atoms with Gasteiger partial charge in [-0.1, -0.05) is 82.8 Å². The van der Waals surface area contributed by atoms with E-state index in [-0.39, 0.29) is 5.69 Å². The summed E-state index contributed by atoms with van der Waals surface area (Å²) in [7, 11) is 0. The molecule has 8 rings (SSSR count). The second-order valence-corrected chi connectivity index (χ2v) is 15.3. The monoisotopic (exact) mass is 856 g/mol. The summed E-state index contributed by atoms with van der Waals surface area (Å²) in [6, 6.07) is 40.6. The fourth-order valence-electron chi connectivity index (χ4n) is 7.19. The number of aliphatic hydroxyl groups is 1. The zero-order valence-electron chi connectivity index (χ0n) is 31.4. The molecule has 1 aliphatic heterocycles. The van der Waals surface area contributed by atoms with Crippen molar-refractivity contribution in [1.82, 2.24) is 9.13 Å². The van der Waals surface area contributed by atoms with E-state index < -0.39 is 17.8 Å². The predicted molar refractivity (Wildman–Crippen MR) is 237 cm³/mol. The maximum Gasteiger partial charge on any atom is 0.338 e. The van der Waals surface area contributed by atoms with E-state index in [1.165, 1.54) is 9.80 Å². The molecule has 2 atom stereocenters. The summed E-state index contributed by atoms with van der Waals surface area (Å²) in [4.78, 5) is 37.0. The summed E-state index contributed by atoms with van der Waals surface area (Å²) in [5.41, 5.74) is 4.17. The molecule has 13 heteroatoms. The molecule has 1 aliphatic rings. The van der Waals surface area contributed by atoms with E-state index in [4.69, 9.17) is 59.5 Å². The van der Waals surface area contributed by atoms with Gasteiger partial charge in [0.15, 0.2) is 17.1 Å². The maximum absolute atomic E-state index is 13.6. The molecule has 0 bridgehead atoms. The zero-order chi connectivity index (χ0) is 42.0. The highest BCUT2D eigenvalue weighted by Crippen LogP contribution is 2.45. The first-order chi connectivity index (χ1) is 28.3. The van der Waals surface area contributed by atoms with Gasteiger partial charge in [0.2, 0.25) is 0 Å². The number of hydrogen-bond acceptors (Lipinski definition) is 3. The van der Waals surface area contributed by atoms with Crippen LogP contribution in [0.3, 0.4) is 0 Å². The molecule has 1 saturated heterocycles. The summed E-state index contributed by atoms with van der Waals surface area (Å²) in [6.45, 7) is 18.3. The van der Waals surface area contributed by atoms with Crippen LogP contribution in [-0.2, 0) is 5.72 Å². The summed E-state index contributed by atoms with van der Waals surface area (Å²) >= 11 is 24.1. The molecule has 6 aromatic carbocycles. The number of aromatic nitrogens is 2. The van der Waals surface area contributed by atoms with Gasteiger partial charge in [-0.3, -0.25) is 18.9 Å². The standard InChI is InChI=1S/C23H17Cl2N3O2.C23H15Cl2N3O/c1-15-23(30,16-4-3-5-19(14-16)26-2)28(21-12-8-18(25)9-13-21)22(29)27(15)20-10-6-17(24)7-11-20;1-15-22(16-4-3-5-19(14-16)26-2)28(21-12-8-18(25)9-13-21)23(29)27(15)20-10-6-17(24)7-11-20/h3-15,30H,1H3;3-14H,1H3. The van der Waals surface area contributed by atoms with Crippen molar-refractivity contribution in [3.8, 4) is 22.6 Å². The van der Waals surface area contributed by atoms with Crippen molar-refractivity contribution < 1.29 is 9.90 Å². The fraction of sp³-hybridized carbons (Fsp3) is 0.0870. The van der Waals surface area contributed by atoms with E-state index in [1.54, 1.807) is 137 Å². The molecule has 0 radical (unpaired) electrons. The average Bonchev–Trinajstić information content (AvgIpc) is 3.63. The highest BCUT2D eigenvalue weighted by atomic mass is 35.5. The lowest BCUT2D eigenvalue weighted by Crippen LogP contribution is -2.48. The van der Waals surface area contributed by atoms with Crippen molar-refractivity contribution in [2.45, 2.75) is 25.6 Å². The van der Waals surface area contributed by atoms with Crippen molar-refractivity contribution in [3.05, 3.63) is 210 Å². The molecule has 59 heavy (non-hydrogen) atoms. The zero-order valence-corrected chi connectivity index (χ0v) is 34.4. The lowest BCUT2D eigenvalue weighted by Gasteiger charge is -2.36. The lowest BCUT2D eigenvalue weighted by molar-refractivity contribution is 0.0373. The van der Waals surface area contributed by atoms with Gasteiger partial charge in [-0.25, -0.2) is 19.3 Å². The molecular weight excluding hydrogens is 826 g/mol. The first-order valence-electron chi connectivity index (χ1n) is 18.0. The number of hydrogen-bond donors (Lipinski definition) is 1. The van der Waals surface area contributed by atoms with Crippen LogP contribution in [0.5, 0.6) is 0 Å². The van der Waals surface area contributed by atoms with Gasteiger partial charge in [0, 0.05) is 37.2 Å². The molecule has 0 spiro atoms. The molecule has 2 heterocycles. The van der Waals surface area contributed by atoms with Gasteiger partial charge in [-0.05, 0) is 134 Å². The third kappa shape index (κ3) is 7.83. The van der Waals surface area contributed by atoms with Crippen molar-refractivity contribution >= 4 is 75.2 Å². The molecule has 1 N–H and O–H groups in total. The largest absolute Gasteiger partial charge is 0.365 e. The Morgan fingerprint density at radius 2 is 1.03 bits per heavy atom. The van der Waals surface area contributed by atoms with Crippen LogP contribution >= 0.6 is 46.4 Å². The molecule has 9 nitrogen and oxygen atoms in total. The van der Waals surface area contributed by atoms with Gasteiger partial charge in [-0.2, -0.15) is 0 Å². The number of imidazole rings is 1. The van der Waals surface area contributed by atoms with Crippen molar-refractivity contribution in [1.29, 1.82) is 0 Å². The Hall–Kier alpha value is -6.30. The molecule has 0 saturated carbocycles. The number of carbonyl (C=O) groups excluding carboxylic acids is 1. The number of nitrogens with zero attached hydrogens (tertiary/aromatic N) is 6. The number of urea groups is 1. The Morgan fingerprint density at radius 3 is 1.54 bits per heavy atom. The fourth-order valence-corrected chi connectivity index (χ4v) is 7.69. The number of rotatable bonds is 6. The van der Waals surface area contributed by atoms with E-state index >= 15 is 0 Å². The number of halogens is 4. The van der Waals surface area contributed by atoms with Crippen LogP contribution in [0.25, 0.3) is 32.3 Å². The van der Waals surface area contributed by atoms with Crippen LogP contribution in [-0.4, -0.2) is 26.3 Å². The van der Waals surface area contributed by atoms with Gasteiger partial charge in [0.05, 0.1) is 36.3 Å². The van der Waals surface area contributed by atoms with Crippen LogP contribution in [0, 0.1) is 20.1 Å². The predicted octanol–water partition coefficient (Wildman–Crippen LogP) is 12.7. The molecule has 1 fully saturated rings. The van der Waals surface area contributed by atoms with E-state index in [0.717, 1.165) is 17.0 Å². The Labute approximate surface area is 360 Å². The van der Waals surface area contributed by atoms with Crippen molar-refractivity contribution in [3.63, 3.8) is 0 Å². The third-order valence-corrected chi connectivity index (χ3v) is 11.0. The Balaban J connectivity index is 0.000000179. The molecule has 7 aromatic rings. The minimum absolute atomic E-state index is 0.213. The smallest absolute Gasteiger partial charge is 0.338 e. The minimum atomic E-state index is -1.72. The van der Waals surface area contributed by atoms with Crippen LogP contribution in [0.2, 0.25) is 20.1 Å². The molecule has 1 aromatic heterocycles. The topological polar surface area (TPSA) is 79.4 Å². The number of carbonyl (C=O) groups is 1. The van der Waals surface area contributed by atoms with Crippen molar-refractivity contribution in [2.24, 2.45) is 0 Å². The Bertz CT molecular complexity index is 2830. The molecule has 292 valence electrons. The van der Waals surface area contributed by atoms with Crippen LogP contribution in [0.15, 0.2) is 150 Å². The van der Waals surface area contributed by atoms with E-state index in [2.05, 4.69) is 9.69 Å². The minimum Gasteiger partial charge on any atom is -0.365 e. The van der Waals surface area contributed by atoms with Gasteiger partial charge in [-0.15, -0.1) is 0 Å². The highest BCUT2D eigenvalue weighted by molar-refractivity contribution is 6.31. The van der Waals surface area contributed by atoms with Crippen molar-refractivity contribution in [2.75, 3.05) is 9.80 Å².